The third-order valence-electron chi connectivity index (χ3n) is 11.6. The molecule has 2 aromatic carbocycles. The Kier molecular flexibility index (Phi) is 30.4. The van der Waals surface area contributed by atoms with Crippen LogP contribution >= 0.6 is 0 Å². The van der Waals surface area contributed by atoms with E-state index in [0.717, 1.165) is 18.7 Å². The smallest absolute Gasteiger partial charge is 0.175 e. The lowest BCUT2D eigenvalue weighted by Gasteiger charge is -2.25. The Bertz CT molecular complexity index is 1230. The Morgan fingerprint density at radius 2 is 0.636 bits per heavy atom. The molecule has 0 saturated carbocycles. The van der Waals surface area contributed by atoms with Crippen molar-refractivity contribution in [3.63, 3.8) is 0 Å². The van der Waals surface area contributed by atoms with E-state index >= 15 is 0 Å². The van der Waals surface area contributed by atoms with Gasteiger partial charge in [-0.05, 0) is 48.2 Å². The van der Waals surface area contributed by atoms with E-state index in [4.69, 9.17) is 0 Å². The summed E-state index contributed by atoms with van der Waals surface area (Å²) in [4.78, 5) is 3.01. The van der Waals surface area contributed by atoms with Crippen LogP contribution in [0.3, 0.4) is 0 Å². The van der Waals surface area contributed by atoms with Crippen molar-refractivity contribution in [2.75, 3.05) is 24.2 Å². The van der Waals surface area contributed by atoms with Gasteiger partial charge in [0.05, 0.1) is 4.90 Å². The van der Waals surface area contributed by atoms with E-state index in [1.54, 1.807) is 12.1 Å². The number of sulfone groups is 1. The summed E-state index contributed by atoms with van der Waals surface area (Å²) in [6, 6.07) is 16.2. The van der Waals surface area contributed by atoms with Gasteiger partial charge in [-0.25, -0.2) is 8.42 Å². The number of hydrogen-bond acceptors (Lipinski definition) is 3. The Labute approximate surface area is 342 Å². The van der Waals surface area contributed by atoms with Crippen LogP contribution in [0.4, 0.5) is 5.69 Å². The Balaban J connectivity index is 1.68. The molecule has 0 unspecified atom stereocenters. The van der Waals surface area contributed by atoms with Crippen molar-refractivity contribution in [2.45, 2.75) is 224 Å². The lowest BCUT2D eigenvalue weighted by atomic mass is 10.0. The highest BCUT2D eigenvalue weighted by Crippen LogP contribution is 2.21. The molecule has 0 aliphatic carbocycles. The van der Waals surface area contributed by atoms with Gasteiger partial charge < -0.3 is 4.90 Å². The highest BCUT2D eigenvalue weighted by Gasteiger charge is 2.08. The summed E-state index contributed by atoms with van der Waals surface area (Å²) in [6.07, 6.45) is 50.6. The van der Waals surface area contributed by atoms with Crippen molar-refractivity contribution in [1.29, 1.82) is 0 Å². The van der Waals surface area contributed by atoms with Gasteiger partial charge in [-0.1, -0.05) is 243 Å². The minimum atomic E-state index is -3.17. The highest BCUT2D eigenvalue weighted by molar-refractivity contribution is 7.90. The number of hydrogen-bond donors (Lipinski definition) is 0. The van der Waals surface area contributed by atoms with Gasteiger partial charge in [0, 0.05) is 25.0 Å². The van der Waals surface area contributed by atoms with Gasteiger partial charge in [-0.2, -0.15) is 0 Å². The van der Waals surface area contributed by atoms with Crippen LogP contribution in [0.15, 0.2) is 53.4 Å². The summed E-state index contributed by atoms with van der Waals surface area (Å²) in [5.41, 5.74) is 3.52. The lowest BCUT2D eigenvalue weighted by Crippen LogP contribution is -2.25. The first kappa shape index (κ1) is 49.1. The van der Waals surface area contributed by atoms with E-state index < -0.39 is 9.84 Å². The number of benzene rings is 2. The van der Waals surface area contributed by atoms with E-state index in [1.807, 2.05) is 12.1 Å². The predicted molar refractivity (Wildman–Crippen MR) is 246 cm³/mol. The van der Waals surface area contributed by atoms with E-state index in [1.165, 1.54) is 223 Å². The third kappa shape index (κ3) is 27.2. The molecular weight excluding hydrogens is 691 g/mol. The van der Waals surface area contributed by atoms with Crippen LogP contribution in [0, 0.1) is 0 Å². The maximum Gasteiger partial charge on any atom is 0.175 e. The molecule has 4 heteroatoms. The molecule has 0 bridgehead atoms. The monoisotopic (exact) mass is 778 g/mol. The third-order valence-corrected chi connectivity index (χ3v) is 12.7. The van der Waals surface area contributed by atoms with Gasteiger partial charge in [-0.15, -0.1) is 0 Å². The van der Waals surface area contributed by atoms with Crippen LogP contribution in [-0.2, 0) is 9.84 Å². The second-order valence-corrected chi connectivity index (χ2v) is 18.9. The molecule has 3 nitrogen and oxygen atoms in total. The summed E-state index contributed by atoms with van der Waals surface area (Å²) >= 11 is 0. The number of rotatable bonds is 38. The summed E-state index contributed by atoms with van der Waals surface area (Å²) in [5.74, 6) is 0. The van der Waals surface area contributed by atoms with E-state index in [0.29, 0.717) is 4.90 Å². The molecule has 0 radical (unpaired) electrons. The van der Waals surface area contributed by atoms with Crippen molar-refractivity contribution in [2.24, 2.45) is 0 Å². The van der Waals surface area contributed by atoms with Gasteiger partial charge in [0.2, 0.25) is 0 Å². The molecule has 55 heavy (non-hydrogen) atoms. The van der Waals surface area contributed by atoms with Crippen LogP contribution < -0.4 is 4.90 Å². The zero-order valence-electron chi connectivity index (χ0n) is 36.5. The normalized spacial score (nSPS) is 11.9. The minimum absolute atomic E-state index is 0.364. The zero-order valence-corrected chi connectivity index (χ0v) is 37.3. The summed E-state index contributed by atoms with van der Waals surface area (Å²) in [6.45, 7) is 6.90. The van der Waals surface area contributed by atoms with Crippen LogP contribution in [0.1, 0.15) is 230 Å². The predicted octanol–water partition coefficient (Wildman–Crippen LogP) is 16.6. The molecule has 0 saturated heterocycles. The highest BCUT2D eigenvalue weighted by atomic mass is 32.2. The fraction of sp³-hybridized carbons (Fsp3) is 0.725. The molecule has 314 valence electrons. The first-order valence-electron chi connectivity index (χ1n) is 23.8. The second-order valence-electron chi connectivity index (χ2n) is 16.9. The van der Waals surface area contributed by atoms with Gasteiger partial charge in [-0.3, -0.25) is 0 Å². The van der Waals surface area contributed by atoms with E-state index in [2.05, 4.69) is 55.2 Å². The molecule has 0 atom stereocenters. The molecule has 2 rings (SSSR count). The quantitative estimate of drug-likeness (QED) is 0.0503. The minimum Gasteiger partial charge on any atom is -0.372 e. The molecule has 0 amide bonds. The van der Waals surface area contributed by atoms with Crippen LogP contribution in [0.5, 0.6) is 0 Å². The van der Waals surface area contributed by atoms with Crippen LogP contribution in [0.25, 0.3) is 12.2 Å². The van der Waals surface area contributed by atoms with Gasteiger partial charge in [0.1, 0.15) is 0 Å². The maximum atomic E-state index is 11.8. The first-order chi connectivity index (χ1) is 26.9. The fourth-order valence-corrected chi connectivity index (χ4v) is 8.52. The fourth-order valence-electron chi connectivity index (χ4n) is 7.89. The number of nitrogens with zero attached hydrogens (tertiary/aromatic N) is 1. The molecular formula is C51H87NO2S. The van der Waals surface area contributed by atoms with Crippen LogP contribution in [-0.4, -0.2) is 27.8 Å². The summed E-state index contributed by atoms with van der Waals surface area (Å²) in [5, 5.41) is 0. The molecule has 0 aliphatic rings. The maximum absolute atomic E-state index is 11.8. The van der Waals surface area contributed by atoms with Crippen molar-refractivity contribution >= 4 is 27.7 Å². The average Bonchev–Trinajstić information content (AvgIpc) is 3.19. The average molecular weight is 778 g/mol. The molecule has 0 N–H and O–H groups in total. The number of unbranched alkanes of at least 4 members (excludes halogenated alkanes) is 30. The number of anilines is 1. The van der Waals surface area contributed by atoms with Gasteiger partial charge in [0.25, 0.3) is 0 Å². The van der Waals surface area contributed by atoms with Crippen molar-refractivity contribution in [1.82, 2.24) is 0 Å². The SMILES string of the molecule is CCCCCCCCCCCCCCCCCCN(CCCCCCCCCCCCCCCCCC)c1ccc(/C=C/c2ccc(S(C)(=O)=O)cc2)cc1. The standard InChI is InChI=1S/C51H87NO2S/c1-4-6-8-10-12-14-16-18-20-22-24-26-28-30-32-34-46-52(47-35-33-31-29-27-25-23-21-19-17-15-13-11-9-7-5-2)50-42-38-48(39-43-50)36-37-49-40-44-51(45-41-49)55(3,53)54/h36-45H,4-35,46-47H2,1-3H3/b37-36+. The Morgan fingerprint density at radius 1 is 0.382 bits per heavy atom. The molecule has 0 fully saturated rings. The summed E-state index contributed by atoms with van der Waals surface area (Å²) in [7, 11) is -3.17. The largest absolute Gasteiger partial charge is 0.372 e. The van der Waals surface area contributed by atoms with E-state index in [-0.39, 0.29) is 0 Å². The summed E-state index contributed by atoms with van der Waals surface area (Å²) < 4.78 is 23.6. The zero-order chi connectivity index (χ0) is 39.5. The molecule has 0 spiro atoms. The van der Waals surface area contributed by atoms with Crippen LogP contribution in [0.2, 0.25) is 0 Å². The van der Waals surface area contributed by atoms with E-state index in [9.17, 15) is 8.42 Å². The molecule has 0 aromatic heterocycles. The Hall–Kier alpha value is -2.07. The molecule has 0 heterocycles. The van der Waals surface area contributed by atoms with Crippen molar-refractivity contribution in [3.8, 4) is 0 Å². The van der Waals surface area contributed by atoms with Gasteiger partial charge >= 0.3 is 0 Å². The molecule has 0 aliphatic heterocycles. The lowest BCUT2D eigenvalue weighted by molar-refractivity contribution is 0.524. The molecule has 2 aromatic rings. The topological polar surface area (TPSA) is 37.4 Å². The van der Waals surface area contributed by atoms with Crippen molar-refractivity contribution < 1.29 is 8.42 Å². The Morgan fingerprint density at radius 3 is 0.909 bits per heavy atom. The van der Waals surface area contributed by atoms with Gasteiger partial charge in [0.15, 0.2) is 9.84 Å². The first-order valence-corrected chi connectivity index (χ1v) is 25.7. The second kappa shape index (κ2) is 34.0. The van der Waals surface area contributed by atoms with Crippen molar-refractivity contribution in [3.05, 3.63) is 59.7 Å².